The van der Waals surface area contributed by atoms with E-state index in [2.05, 4.69) is 4.74 Å². The van der Waals surface area contributed by atoms with Gasteiger partial charge in [0.25, 0.3) is 0 Å². The molecule has 1 atom stereocenters. The van der Waals surface area contributed by atoms with Gasteiger partial charge in [-0.3, -0.25) is 4.79 Å². The molecule has 22 heavy (non-hydrogen) atoms. The van der Waals surface area contributed by atoms with E-state index in [-0.39, 0.29) is 25.4 Å². The quantitative estimate of drug-likeness (QED) is 0.624. The molecule has 1 heterocycles. The summed E-state index contributed by atoms with van der Waals surface area (Å²) in [5.74, 6) is -2.94. The number of methoxy groups -OCH3 is 1. The summed E-state index contributed by atoms with van der Waals surface area (Å²) in [6, 6.07) is 3.43. The average Bonchev–Trinajstić information content (AvgIpc) is 2.43. The number of anilines is 1. The standard InChI is InChI=1S/C13H13F3N2O3.ClH/c1-21-11(19)10-5-7-2-3-9(17)4-8(7)6-18(10)12(20)13(14,15)16;/h2-4,10H,5-6,17H2,1H3;1H. The largest absolute Gasteiger partial charge is 0.471 e. The van der Waals surface area contributed by atoms with Gasteiger partial charge in [-0.2, -0.15) is 13.2 Å². The van der Waals surface area contributed by atoms with Crippen LogP contribution in [0.3, 0.4) is 0 Å². The molecular formula is C13H14ClF3N2O3. The Kier molecular flexibility index (Phi) is 5.29. The van der Waals surface area contributed by atoms with Crippen LogP contribution in [0, 0.1) is 0 Å². The van der Waals surface area contributed by atoms with Crippen LogP contribution in [0.1, 0.15) is 11.1 Å². The van der Waals surface area contributed by atoms with Crippen molar-refractivity contribution in [2.45, 2.75) is 25.2 Å². The first-order chi connectivity index (χ1) is 9.74. The molecule has 1 aliphatic heterocycles. The Hall–Kier alpha value is -1.96. The fourth-order valence-electron chi connectivity index (χ4n) is 2.33. The summed E-state index contributed by atoms with van der Waals surface area (Å²) in [5, 5.41) is 0. The van der Waals surface area contributed by atoms with Gasteiger partial charge in [0.05, 0.1) is 7.11 Å². The Bertz CT molecular complexity index is 592. The van der Waals surface area contributed by atoms with E-state index >= 15 is 0 Å². The summed E-state index contributed by atoms with van der Waals surface area (Å²) in [6.07, 6.45) is -5.09. The predicted octanol–water partition coefficient (Wildman–Crippen LogP) is 1.68. The lowest BCUT2D eigenvalue weighted by molar-refractivity contribution is -0.191. The first kappa shape index (κ1) is 18.1. The first-order valence-electron chi connectivity index (χ1n) is 6.07. The van der Waals surface area contributed by atoms with Crippen molar-refractivity contribution in [1.82, 2.24) is 4.90 Å². The predicted molar refractivity (Wildman–Crippen MR) is 74.2 cm³/mol. The molecular weight excluding hydrogens is 325 g/mol. The number of ether oxygens (including phenoxy) is 1. The van der Waals surface area contributed by atoms with Crippen molar-refractivity contribution >= 4 is 30.0 Å². The number of benzene rings is 1. The number of hydrogen-bond acceptors (Lipinski definition) is 4. The second-order valence-electron chi connectivity index (χ2n) is 4.70. The van der Waals surface area contributed by atoms with Crippen molar-refractivity contribution in [2.24, 2.45) is 0 Å². The van der Waals surface area contributed by atoms with E-state index in [1.165, 1.54) is 6.07 Å². The molecule has 5 nitrogen and oxygen atoms in total. The van der Waals surface area contributed by atoms with Crippen molar-refractivity contribution in [3.63, 3.8) is 0 Å². The van der Waals surface area contributed by atoms with Crippen LogP contribution in [0.2, 0.25) is 0 Å². The molecule has 1 aromatic rings. The third-order valence-corrected chi connectivity index (χ3v) is 3.34. The SMILES string of the molecule is COC(=O)C1Cc2ccc(N)cc2CN1C(=O)C(F)(F)F.Cl. The van der Waals surface area contributed by atoms with E-state index in [1.807, 2.05) is 0 Å². The number of hydrogen-bond donors (Lipinski definition) is 1. The van der Waals surface area contributed by atoms with Gasteiger partial charge in [0.1, 0.15) is 6.04 Å². The third kappa shape index (κ3) is 3.44. The first-order valence-corrected chi connectivity index (χ1v) is 6.07. The van der Waals surface area contributed by atoms with Gasteiger partial charge in [-0.15, -0.1) is 12.4 Å². The molecule has 1 unspecified atom stereocenters. The van der Waals surface area contributed by atoms with E-state index in [9.17, 15) is 22.8 Å². The smallest absolute Gasteiger partial charge is 0.467 e. The minimum atomic E-state index is -5.05. The van der Waals surface area contributed by atoms with Crippen molar-refractivity contribution in [1.29, 1.82) is 0 Å². The summed E-state index contributed by atoms with van der Waals surface area (Å²) < 4.78 is 42.5. The molecule has 0 spiro atoms. The maximum absolute atomic E-state index is 12.7. The minimum Gasteiger partial charge on any atom is -0.467 e. The maximum atomic E-state index is 12.7. The molecule has 0 saturated heterocycles. The number of halogens is 4. The summed E-state index contributed by atoms with van der Waals surface area (Å²) in [6.45, 7) is -0.335. The van der Waals surface area contributed by atoms with E-state index < -0.39 is 24.1 Å². The summed E-state index contributed by atoms with van der Waals surface area (Å²) >= 11 is 0. The van der Waals surface area contributed by atoms with Crippen LogP contribution >= 0.6 is 12.4 Å². The second-order valence-corrected chi connectivity index (χ2v) is 4.70. The number of esters is 1. The molecule has 1 aliphatic rings. The molecule has 1 amide bonds. The summed E-state index contributed by atoms with van der Waals surface area (Å²) in [5.41, 5.74) is 7.14. The van der Waals surface area contributed by atoms with Crippen molar-refractivity contribution < 1.29 is 27.5 Å². The Labute approximate surface area is 130 Å². The monoisotopic (exact) mass is 338 g/mol. The Morgan fingerprint density at radius 2 is 1.95 bits per heavy atom. The van der Waals surface area contributed by atoms with E-state index in [0.29, 0.717) is 21.7 Å². The molecule has 0 aromatic heterocycles. The summed E-state index contributed by atoms with van der Waals surface area (Å²) in [7, 11) is 1.07. The van der Waals surface area contributed by atoms with Gasteiger partial charge in [-0.1, -0.05) is 6.07 Å². The van der Waals surface area contributed by atoms with Gasteiger partial charge in [0, 0.05) is 18.7 Å². The molecule has 9 heteroatoms. The number of carbonyl (C=O) groups excluding carboxylic acids is 2. The highest BCUT2D eigenvalue weighted by Gasteiger charge is 2.47. The van der Waals surface area contributed by atoms with Crippen LogP contribution in [0.25, 0.3) is 0 Å². The molecule has 0 radical (unpaired) electrons. The highest BCUT2D eigenvalue weighted by atomic mass is 35.5. The highest BCUT2D eigenvalue weighted by molar-refractivity contribution is 5.88. The van der Waals surface area contributed by atoms with Crippen LogP contribution in [-0.2, 0) is 27.3 Å². The molecule has 0 saturated carbocycles. The number of alkyl halides is 3. The van der Waals surface area contributed by atoms with Gasteiger partial charge in [0.15, 0.2) is 0 Å². The van der Waals surface area contributed by atoms with E-state index in [0.717, 1.165) is 7.11 Å². The molecule has 122 valence electrons. The maximum Gasteiger partial charge on any atom is 0.471 e. The van der Waals surface area contributed by atoms with Crippen molar-refractivity contribution in [2.75, 3.05) is 12.8 Å². The van der Waals surface area contributed by atoms with Gasteiger partial charge in [0.2, 0.25) is 0 Å². The molecule has 0 fully saturated rings. The normalized spacial score (nSPS) is 17.3. The Morgan fingerprint density at radius 1 is 1.32 bits per heavy atom. The Balaban J connectivity index is 0.00000242. The zero-order chi connectivity index (χ0) is 15.8. The molecule has 2 N–H and O–H groups in total. The van der Waals surface area contributed by atoms with E-state index in [4.69, 9.17) is 5.73 Å². The fraction of sp³-hybridized carbons (Fsp3) is 0.385. The van der Waals surface area contributed by atoms with E-state index in [1.54, 1.807) is 12.1 Å². The minimum absolute atomic E-state index is 0. The number of nitrogens with zero attached hydrogens (tertiary/aromatic N) is 1. The average molecular weight is 339 g/mol. The molecule has 0 aliphatic carbocycles. The van der Waals surface area contributed by atoms with Crippen LogP contribution in [0.5, 0.6) is 0 Å². The van der Waals surface area contributed by atoms with Gasteiger partial charge < -0.3 is 15.4 Å². The van der Waals surface area contributed by atoms with Crippen LogP contribution in [-0.4, -0.2) is 36.1 Å². The van der Waals surface area contributed by atoms with Crippen molar-refractivity contribution in [3.05, 3.63) is 29.3 Å². The Morgan fingerprint density at radius 3 is 2.50 bits per heavy atom. The summed E-state index contributed by atoms with van der Waals surface area (Å²) in [4.78, 5) is 23.7. The zero-order valence-electron chi connectivity index (χ0n) is 11.5. The number of nitrogen functional groups attached to an aromatic ring is 1. The van der Waals surface area contributed by atoms with Crippen LogP contribution < -0.4 is 5.73 Å². The number of carbonyl (C=O) groups is 2. The molecule has 2 rings (SSSR count). The molecule has 1 aromatic carbocycles. The van der Waals surface area contributed by atoms with Gasteiger partial charge in [-0.25, -0.2) is 4.79 Å². The number of rotatable bonds is 1. The lowest BCUT2D eigenvalue weighted by atomic mass is 9.93. The van der Waals surface area contributed by atoms with Gasteiger partial charge in [-0.05, 0) is 23.3 Å². The van der Waals surface area contributed by atoms with Crippen LogP contribution in [0.15, 0.2) is 18.2 Å². The van der Waals surface area contributed by atoms with Crippen molar-refractivity contribution in [3.8, 4) is 0 Å². The molecule has 0 bridgehead atoms. The third-order valence-electron chi connectivity index (χ3n) is 3.34. The number of fused-ring (bicyclic) bond motifs is 1. The van der Waals surface area contributed by atoms with Gasteiger partial charge >= 0.3 is 18.1 Å². The lowest BCUT2D eigenvalue weighted by Crippen LogP contribution is -2.53. The fourth-order valence-corrected chi connectivity index (χ4v) is 2.33. The zero-order valence-corrected chi connectivity index (χ0v) is 12.3. The van der Waals surface area contributed by atoms with Crippen LogP contribution in [0.4, 0.5) is 18.9 Å². The number of nitrogens with two attached hydrogens (primary N) is 1. The lowest BCUT2D eigenvalue weighted by Gasteiger charge is -2.35. The number of amides is 1. The topological polar surface area (TPSA) is 72.6 Å². The highest BCUT2D eigenvalue weighted by Crippen LogP contribution is 2.29. The second kappa shape index (κ2) is 6.43.